The van der Waals surface area contributed by atoms with Crippen LogP contribution in [0.15, 0.2) is 29.9 Å². The van der Waals surface area contributed by atoms with E-state index in [1.807, 2.05) is 28.7 Å². The van der Waals surface area contributed by atoms with Gasteiger partial charge in [0, 0.05) is 24.0 Å². The summed E-state index contributed by atoms with van der Waals surface area (Å²) < 4.78 is 1.90. The Hall–Kier alpha value is -1.99. The van der Waals surface area contributed by atoms with Gasteiger partial charge in [-0.25, -0.2) is 4.98 Å². The number of rotatable bonds is 5. The lowest BCUT2D eigenvalue weighted by molar-refractivity contribution is 0.184. The Morgan fingerprint density at radius 2 is 2.21 bits per heavy atom. The molecule has 1 N–H and O–H groups in total. The average Bonchev–Trinajstić information content (AvgIpc) is 3.26. The fourth-order valence-electron chi connectivity index (χ4n) is 3.29. The van der Waals surface area contributed by atoms with Crippen molar-refractivity contribution >= 4 is 22.8 Å². The Balaban J connectivity index is 1.29. The first-order valence-electron chi connectivity index (χ1n) is 8.44. The number of piperidine rings is 1. The van der Waals surface area contributed by atoms with E-state index in [2.05, 4.69) is 42.9 Å². The van der Waals surface area contributed by atoms with Crippen LogP contribution in [0.3, 0.4) is 0 Å². The molecule has 24 heavy (non-hydrogen) atoms. The minimum Gasteiger partial charge on any atom is -0.370 e. The molecule has 0 amide bonds. The summed E-state index contributed by atoms with van der Waals surface area (Å²) in [6.45, 7) is 6.41. The molecule has 0 bridgehead atoms. The molecule has 0 unspecified atom stereocenters. The summed E-state index contributed by atoms with van der Waals surface area (Å²) in [5.74, 6) is 2.51. The van der Waals surface area contributed by atoms with Gasteiger partial charge in [0.05, 0.1) is 0 Å². The Kier molecular flexibility index (Phi) is 4.44. The summed E-state index contributed by atoms with van der Waals surface area (Å²) in [7, 11) is 0. The van der Waals surface area contributed by atoms with Crippen molar-refractivity contribution in [3.8, 4) is 0 Å². The predicted octanol–water partition coefficient (Wildman–Crippen LogP) is 2.82. The molecule has 0 aliphatic carbocycles. The Bertz CT molecular complexity index is 789. The molecule has 4 heterocycles. The van der Waals surface area contributed by atoms with Crippen LogP contribution in [0.25, 0.3) is 5.65 Å². The summed E-state index contributed by atoms with van der Waals surface area (Å²) >= 11 is 1.85. The second-order valence-electron chi connectivity index (χ2n) is 6.43. The van der Waals surface area contributed by atoms with Crippen molar-refractivity contribution in [3.05, 3.63) is 40.6 Å². The summed E-state index contributed by atoms with van der Waals surface area (Å²) in [4.78, 5) is 8.61. The Morgan fingerprint density at radius 1 is 1.33 bits per heavy atom. The molecule has 7 heteroatoms. The van der Waals surface area contributed by atoms with Crippen molar-refractivity contribution < 1.29 is 0 Å². The van der Waals surface area contributed by atoms with Gasteiger partial charge in [-0.2, -0.15) is 0 Å². The largest absolute Gasteiger partial charge is 0.370 e. The van der Waals surface area contributed by atoms with Crippen molar-refractivity contribution in [1.82, 2.24) is 24.5 Å². The van der Waals surface area contributed by atoms with E-state index >= 15 is 0 Å². The summed E-state index contributed by atoms with van der Waals surface area (Å²) in [5, 5.41) is 13.7. The van der Waals surface area contributed by atoms with Crippen LogP contribution in [-0.2, 0) is 6.54 Å². The normalized spacial score (nSPS) is 16.7. The van der Waals surface area contributed by atoms with Crippen LogP contribution in [0, 0.1) is 12.8 Å². The van der Waals surface area contributed by atoms with Crippen LogP contribution in [0.4, 0.5) is 5.82 Å². The maximum absolute atomic E-state index is 4.59. The van der Waals surface area contributed by atoms with E-state index in [1.54, 1.807) is 6.33 Å². The molecule has 1 aliphatic rings. The highest BCUT2D eigenvalue weighted by Gasteiger charge is 2.19. The molecule has 6 nitrogen and oxygen atoms in total. The number of hydrogen-bond donors (Lipinski definition) is 1. The van der Waals surface area contributed by atoms with E-state index in [9.17, 15) is 0 Å². The van der Waals surface area contributed by atoms with E-state index in [4.69, 9.17) is 0 Å². The molecule has 1 saturated heterocycles. The number of nitrogens with zero attached hydrogens (tertiary/aromatic N) is 5. The SMILES string of the molecule is Cc1nc(NCC2CCN(Cc3cccs3)CC2)cc2nncn12. The van der Waals surface area contributed by atoms with E-state index < -0.39 is 0 Å². The second kappa shape index (κ2) is 6.86. The highest BCUT2D eigenvalue weighted by molar-refractivity contribution is 7.09. The van der Waals surface area contributed by atoms with E-state index in [0.717, 1.165) is 30.4 Å². The standard InChI is InChI=1S/C17H22N6S/c1-13-20-16(9-17-21-19-12-23(13)17)18-10-14-4-6-22(7-5-14)11-15-3-2-8-24-15/h2-3,8-9,12,14,18H,4-7,10-11H2,1H3. The van der Waals surface area contributed by atoms with Gasteiger partial charge in [-0.15, -0.1) is 21.5 Å². The number of thiophene rings is 1. The van der Waals surface area contributed by atoms with Gasteiger partial charge in [-0.1, -0.05) is 6.07 Å². The zero-order valence-electron chi connectivity index (χ0n) is 13.9. The van der Waals surface area contributed by atoms with Crippen molar-refractivity contribution in [1.29, 1.82) is 0 Å². The van der Waals surface area contributed by atoms with Crippen molar-refractivity contribution in [2.45, 2.75) is 26.3 Å². The van der Waals surface area contributed by atoms with Gasteiger partial charge in [0.25, 0.3) is 0 Å². The fraction of sp³-hybridized carbons (Fsp3) is 0.471. The Labute approximate surface area is 145 Å². The molecule has 1 aliphatic heterocycles. The van der Waals surface area contributed by atoms with E-state index in [-0.39, 0.29) is 0 Å². The monoisotopic (exact) mass is 342 g/mol. The van der Waals surface area contributed by atoms with Gasteiger partial charge in [0.2, 0.25) is 0 Å². The van der Waals surface area contributed by atoms with Gasteiger partial charge in [-0.3, -0.25) is 9.30 Å². The number of aryl methyl sites for hydroxylation is 1. The molecular formula is C17H22N6S. The second-order valence-corrected chi connectivity index (χ2v) is 7.46. The first-order chi connectivity index (χ1) is 11.8. The van der Waals surface area contributed by atoms with Crippen molar-refractivity contribution in [2.75, 3.05) is 25.0 Å². The number of aromatic nitrogens is 4. The fourth-order valence-corrected chi connectivity index (χ4v) is 4.03. The molecule has 126 valence electrons. The maximum atomic E-state index is 4.59. The topological polar surface area (TPSA) is 58.4 Å². The molecule has 0 aromatic carbocycles. The molecular weight excluding hydrogens is 320 g/mol. The lowest BCUT2D eigenvalue weighted by Gasteiger charge is -2.31. The quantitative estimate of drug-likeness (QED) is 0.773. The van der Waals surface area contributed by atoms with E-state index in [1.165, 1.54) is 30.8 Å². The Morgan fingerprint density at radius 3 is 3.00 bits per heavy atom. The number of likely N-dealkylation sites (tertiary alicyclic amines) is 1. The zero-order valence-corrected chi connectivity index (χ0v) is 14.7. The average molecular weight is 342 g/mol. The number of nitrogens with one attached hydrogen (secondary N) is 1. The maximum Gasteiger partial charge on any atom is 0.165 e. The van der Waals surface area contributed by atoms with Gasteiger partial charge in [-0.05, 0) is 50.2 Å². The minimum atomic E-state index is 0.709. The minimum absolute atomic E-state index is 0.709. The van der Waals surface area contributed by atoms with Crippen LogP contribution in [0.5, 0.6) is 0 Å². The third kappa shape index (κ3) is 3.42. The van der Waals surface area contributed by atoms with Crippen molar-refractivity contribution in [2.24, 2.45) is 5.92 Å². The lowest BCUT2D eigenvalue weighted by atomic mass is 9.97. The van der Waals surface area contributed by atoms with Gasteiger partial charge < -0.3 is 5.32 Å². The summed E-state index contributed by atoms with van der Waals surface area (Å²) in [6.07, 6.45) is 4.18. The third-order valence-corrected chi connectivity index (χ3v) is 5.57. The molecule has 0 radical (unpaired) electrons. The smallest absolute Gasteiger partial charge is 0.165 e. The number of anilines is 1. The molecule has 4 rings (SSSR count). The summed E-state index contributed by atoms with van der Waals surface area (Å²) in [6, 6.07) is 6.33. The molecule has 3 aromatic heterocycles. The number of fused-ring (bicyclic) bond motifs is 1. The first kappa shape index (κ1) is 15.5. The molecule has 0 atom stereocenters. The molecule has 3 aromatic rings. The molecule has 1 fully saturated rings. The van der Waals surface area contributed by atoms with Gasteiger partial charge >= 0.3 is 0 Å². The van der Waals surface area contributed by atoms with Gasteiger partial charge in [0.1, 0.15) is 18.0 Å². The third-order valence-electron chi connectivity index (χ3n) is 4.71. The molecule has 0 saturated carbocycles. The van der Waals surface area contributed by atoms with Crippen LogP contribution >= 0.6 is 11.3 Å². The number of hydrogen-bond acceptors (Lipinski definition) is 6. The molecule has 0 spiro atoms. The van der Waals surface area contributed by atoms with Crippen LogP contribution in [-0.4, -0.2) is 44.1 Å². The lowest BCUT2D eigenvalue weighted by Crippen LogP contribution is -2.35. The van der Waals surface area contributed by atoms with Gasteiger partial charge in [0.15, 0.2) is 5.65 Å². The highest BCUT2D eigenvalue weighted by atomic mass is 32.1. The first-order valence-corrected chi connectivity index (χ1v) is 9.32. The van der Waals surface area contributed by atoms with Crippen LogP contribution in [0.1, 0.15) is 23.5 Å². The summed E-state index contributed by atoms with van der Waals surface area (Å²) in [5.41, 5.74) is 0.843. The van der Waals surface area contributed by atoms with Crippen LogP contribution < -0.4 is 5.32 Å². The van der Waals surface area contributed by atoms with Crippen molar-refractivity contribution in [3.63, 3.8) is 0 Å². The highest BCUT2D eigenvalue weighted by Crippen LogP contribution is 2.21. The zero-order chi connectivity index (χ0) is 16.4. The van der Waals surface area contributed by atoms with Crippen LogP contribution in [0.2, 0.25) is 0 Å². The van der Waals surface area contributed by atoms with E-state index in [0.29, 0.717) is 5.92 Å². The predicted molar refractivity (Wildman–Crippen MR) is 96.3 cm³/mol.